The fraction of sp³-hybridized carbons (Fsp3) is 0.800. The van der Waals surface area contributed by atoms with E-state index in [2.05, 4.69) is 12.2 Å². The van der Waals surface area contributed by atoms with Crippen LogP contribution in [0.5, 0.6) is 0 Å². The van der Waals surface area contributed by atoms with Crippen LogP contribution in [0.15, 0.2) is 12.2 Å². The van der Waals surface area contributed by atoms with E-state index in [0.717, 1.165) is 32.3 Å². The summed E-state index contributed by atoms with van der Waals surface area (Å²) in [5.74, 6) is 2.22. The van der Waals surface area contributed by atoms with Gasteiger partial charge in [-0.05, 0) is 43.4 Å². The molecule has 1 heterocycles. The minimum Gasteiger partial charge on any atom is -0.353 e. The number of hydrogen-bond acceptors (Lipinski definition) is 3. The Hall–Kier alpha value is -0.670. The van der Waals surface area contributed by atoms with Gasteiger partial charge >= 0.3 is 0 Å². The maximum Gasteiger partial charge on any atom is 0.157 e. The second-order valence-electron chi connectivity index (χ2n) is 6.19. The number of rotatable bonds is 2. The standard InChI is InChI=1S/C15H20O3/c16-11-7-9-4-5-10-8-12(15(11)14(9)10)18-13-3-1-2-6-17-13/h4-5,9-10,12-15H,1-3,6-8H2/t9-,10+,12?,13?,14+,15-/m0/s1. The van der Waals surface area contributed by atoms with Crippen molar-refractivity contribution in [2.45, 2.75) is 44.5 Å². The molecule has 1 saturated heterocycles. The lowest BCUT2D eigenvalue weighted by Crippen LogP contribution is -2.32. The van der Waals surface area contributed by atoms with Crippen molar-refractivity contribution in [1.82, 2.24) is 0 Å². The van der Waals surface area contributed by atoms with Crippen LogP contribution in [0.4, 0.5) is 0 Å². The first-order valence-corrected chi connectivity index (χ1v) is 7.31. The van der Waals surface area contributed by atoms with Crippen LogP contribution in [0.1, 0.15) is 32.1 Å². The molecule has 0 aromatic heterocycles. The Morgan fingerprint density at radius 3 is 2.94 bits per heavy atom. The summed E-state index contributed by atoms with van der Waals surface area (Å²) < 4.78 is 11.8. The monoisotopic (exact) mass is 248 g/mol. The zero-order valence-corrected chi connectivity index (χ0v) is 10.6. The van der Waals surface area contributed by atoms with E-state index in [1.807, 2.05) is 0 Å². The molecule has 0 amide bonds. The van der Waals surface area contributed by atoms with Crippen LogP contribution >= 0.6 is 0 Å². The highest BCUT2D eigenvalue weighted by molar-refractivity contribution is 5.85. The Balaban J connectivity index is 1.49. The van der Waals surface area contributed by atoms with Crippen LogP contribution in [0.3, 0.4) is 0 Å². The molecule has 3 nitrogen and oxygen atoms in total. The molecule has 98 valence electrons. The van der Waals surface area contributed by atoms with E-state index in [1.165, 1.54) is 6.42 Å². The van der Waals surface area contributed by atoms with Crippen molar-refractivity contribution in [3.05, 3.63) is 12.2 Å². The average molecular weight is 248 g/mol. The molecule has 18 heavy (non-hydrogen) atoms. The molecule has 0 N–H and O–H groups in total. The molecule has 1 aliphatic heterocycles. The van der Waals surface area contributed by atoms with Gasteiger partial charge in [0.2, 0.25) is 0 Å². The number of carbonyl (C=O) groups is 1. The lowest BCUT2D eigenvalue weighted by Gasteiger charge is -2.28. The van der Waals surface area contributed by atoms with Crippen molar-refractivity contribution in [2.75, 3.05) is 6.61 Å². The highest BCUT2D eigenvalue weighted by Gasteiger charge is 2.56. The van der Waals surface area contributed by atoms with Gasteiger partial charge in [-0.2, -0.15) is 0 Å². The molecule has 4 rings (SSSR count). The summed E-state index contributed by atoms with van der Waals surface area (Å²) in [4.78, 5) is 12.1. The Bertz CT molecular complexity index is 383. The van der Waals surface area contributed by atoms with Crippen LogP contribution in [0.25, 0.3) is 0 Å². The third-order valence-corrected chi connectivity index (χ3v) is 5.19. The summed E-state index contributed by atoms with van der Waals surface area (Å²) in [5, 5.41) is 0. The van der Waals surface area contributed by atoms with E-state index in [1.54, 1.807) is 0 Å². The van der Waals surface area contributed by atoms with Gasteiger partial charge < -0.3 is 9.47 Å². The van der Waals surface area contributed by atoms with Crippen LogP contribution in [-0.2, 0) is 14.3 Å². The first-order chi connectivity index (χ1) is 8.83. The molecule has 3 heteroatoms. The van der Waals surface area contributed by atoms with Crippen molar-refractivity contribution in [3.63, 3.8) is 0 Å². The largest absolute Gasteiger partial charge is 0.353 e. The second kappa shape index (κ2) is 4.17. The predicted octanol–water partition coefficient (Wildman–Crippen LogP) is 2.31. The van der Waals surface area contributed by atoms with E-state index in [0.29, 0.717) is 23.5 Å². The van der Waals surface area contributed by atoms with Crippen LogP contribution < -0.4 is 0 Å². The molecule has 0 aromatic carbocycles. The van der Waals surface area contributed by atoms with Gasteiger partial charge in [-0.15, -0.1) is 0 Å². The molecule has 0 aromatic rings. The van der Waals surface area contributed by atoms with Crippen molar-refractivity contribution >= 4 is 5.78 Å². The highest BCUT2D eigenvalue weighted by Crippen LogP contribution is 2.54. The maximum absolute atomic E-state index is 12.1. The number of ether oxygens (including phenoxy) is 2. The summed E-state index contributed by atoms with van der Waals surface area (Å²) >= 11 is 0. The molecule has 0 bridgehead atoms. The van der Waals surface area contributed by atoms with Gasteiger partial charge in [-0.25, -0.2) is 0 Å². The lowest BCUT2D eigenvalue weighted by atomic mass is 9.91. The van der Waals surface area contributed by atoms with E-state index < -0.39 is 0 Å². The Kier molecular flexibility index (Phi) is 2.59. The molecular weight excluding hydrogens is 228 g/mol. The van der Waals surface area contributed by atoms with E-state index in [9.17, 15) is 4.79 Å². The molecule has 0 radical (unpaired) electrons. The zero-order valence-electron chi connectivity index (χ0n) is 10.6. The Labute approximate surface area is 108 Å². The summed E-state index contributed by atoms with van der Waals surface area (Å²) in [6, 6.07) is 0. The molecular formula is C15H20O3. The molecule has 6 atom stereocenters. The first kappa shape index (κ1) is 11.2. The molecule has 0 spiro atoms. The number of allylic oxidation sites excluding steroid dienone is 2. The van der Waals surface area contributed by atoms with Gasteiger partial charge in [0, 0.05) is 18.9 Å². The van der Waals surface area contributed by atoms with Crippen molar-refractivity contribution < 1.29 is 14.3 Å². The fourth-order valence-electron chi connectivity index (χ4n) is 4.44. The average Bonchev–Trinajstić information content (AvgIpc) is 2.99. The fourth-order valence-corrected chi connectivity index (χ4v) is 4.44. The number of carbonyl (C=O) groups excluding carboxylic acids is 1. The van der Waals surface area contributed by atoms with Gasteiger partial charge in [0.1, 0.15) is 5.78 Å². The third kappa shape index (κ3) is 1.60. The quantitative estimate of drug-likeness (QED) is 0.703. The minimum atomic E-state index is -0.0570. The van der Waals surface area contributed by atoms with Crippen molar-refractivity contribution in [1.29, 1.82) is 0 Å². The van der Waals surface area contributed by atoms with Crippen molar-refractivity contribution in [3.8, 4) is 0 Å². The van der Waals surface area contributed by atoms with Gasteiger partial charge in [0.25, 0.3) is 0 Å². The zero-order chi connectivity index (χ0) is 12.1. The van der Waals surface area contributed by atoms with Gasteiger partial charge in [0.05, 0.1) is 6.10 Å². The first-order valence-electron chi connectivity index (χ1n) is 7.31. The number of Topliss-reactive ketones (excluding diaryl/α,β-unsaturated/α-hetero) is 1. The van der Waals surface area contributed by atoms with E-state index in [-0.39, 0.29) is 18.3 Å². The Morgan fingerprint density at radius 2 is 2.11 bits per heavy atom. The number of ketones is 1. The van der Waals surface area contributed by atoms with Gasteiger partial charge in [-0.1, -0.05) is 12.2 Å². The normalized spacial score (nSPS) is 49.9. The topological polar surface area (TPSA) is 35.5 Å². The van der Waals surface area contributed by atoms with E-state index in [4.69, 9.17) is 9.47 Å². The van der Waals surface area contributed by atoms with Gasteiger partial charge in [-0.3, -0.25) is 4.79 Å². The highest BCUT2D eigenvalue weighted by atomic mass is 16.7. The summed E-state index contributed by atoms with van der Waals surface area (Å²) in [5.41, 5.74) is 0. The summed E-state index contributed by atoms with van der Waals surface area (Å²) in [7, 11) is 0. The third-order valence-electron chi connectivity index (χ3n) is 5.19. The molecule has 3 aliphatic carbocycles. The Morgan fingerprint density at radius 1 is 1.22 bits per heavy atom. The molecule has 2 unspecified atom stereocenters. The van der Waals surface area contributed by atoms with Crippen LogP contribution in [0.2, 0.25) is 0 Å². The van der Waals surface area contributed by atoms with Gasteiger partial charge in [0.15, 0.2) is 6.29 Å². The second-order valence-corrected chi connectivity index (χ2v) is 6.19. The summed E-state index contributed by atoms with van der Waals surface area (Å²) in [6.07, 6.45) is 9.73. The molecule has 3 fully saturated rings. The predicted molar refractivity (Wildman–Crippen MR) is 65.8 cm³/mol. The summed E-state index contributed by atoms with van der Waals surface area (Å²) in [6.45, 7) is 0.811. The molecule has 2 saturated carbocycles. The smallest absolute Gasteiger partial charge is 0.157 e. The van der Waals surface area contributed by atoms with Crippen molar-refractivity contribution in [2.24, 2.45) is 23.7 Å². The lowest BCUT2D eigenvalue weighted by molar-refractivity contribution is -0.195. The molecule has 4 aliphatic rings. The van der Waals surface area contributed by atoms with Crippen LogP contribution in [-0.4, -0.2) is 24.8 Å². The minimum absolute atomic E-state index is 0.0570. The SMILES string of the molecule is O=C1C[C@@H]2C=C[C@@H]3CC(OC4CCCCO4)[C@H]1[C@@H]32. The van der Waals surface area contributed by atoms with E-state index >= 15 is 0 Å². The van der Waals surface area contributed by atoms with Crippen LogP contribution in [0, 0.1) is 23.7 Å². The number of hydrogen-bond donors (Lipinski definition) is 0. The maximum atomic E-state index is 12.1.